The molecule has 0 aliphatic carbocycles. The summed E-state index contributed by atoms with van der Waals surface area (Å²) in [6, 6.07) is 12.5. The highest BCUT2D eigenvalue weighted by Crippen LogP contribution is 2.13. The molecule has 0 radical (unpaired) electrons. The summed E-state index contributed by atoms with van der Waals surface area (Å²) in [6.45, 7) is 2.29. The number of aromatic nitrogens is 2. The lowest BCUT2D eigenvalue weighted by molar-refractivity contribution is -0.121. The summed E-state index contributed by atoms with van der Waals surface area (Å²) in [5.74, 6) is -0.134. The van der Waals surface area contributed by atoms with Crippen LogP contribution in [0.3, 0.4) is 0 Å². The van der Waals surface area contributed by atoms with Gasteiger partial charge in [-0.1, -0.05) is 12.1 Å². The Morgan fingerprint density at radius 2 is 1.69 bits per heavy atom. The van der Waals surface area contributed by atoms with Crippen molar-refractivity contribution in [2.45, 2.75) is 20.0 Å². The molecule has 29 heavy (non-hydrogen) atoms. The number of nitrogens with one attached hydrogen (secondary N) is 1. The van der Waals surface area contributed by atoms with Gasteiger partial charge in [-0.15, -0.1) is 0 Å². The molecule has 0 fully saturated rings. The Labute approximate surface area is 166 Å². The number of hydrogen-bond acceptors (Lipinski definition) is 4. The van der Waals surface area contributed by atoms with Crippen molar-refractivity contribution >= 4 is 5.91 Å². The van der Waals surface area contributed by atoms with Crippen LogP contribution in [0.15, 0.2) is 70.5 Å². The SMILES string of the molecule is CCOc1ccc(-n2ccn(CC(=O)NCc3ccc(F)cc3)c(=O)c2=O)cc1. The third kappa shape index (κ3) is 4.98. The topological polar surface area (TPSA) is 82.3 Å². The molecule has 0 aliphatic rings. The third-order valence-corrected chi connectivity index (χ3v) is 4.20. The van der Waals surface area contributed by atoms with Crippen molar-refractivity contribution in [2.75, 3.05) is 6.61 Å². The third-order valence-electron chi connectivity index (χ3n) is 4.20. The molecule has 1 aromatic heterocycles. The molecule has 150 valence electrons. The van der Waals surface area contributed by atoms with Crippen LogP contribution in [-0.2, 0) is 17.9 Å². The van der Waals surface area contributed by atoms with Gasteiger partial charge >= 0.3 is 11.1 Å². The predicted octanol–water partition coefficient (Wildman–Crippen LogP) is 1.85. The minimum Gasteiger partial charge on any atom is -0.494 e. The Hall–Kier alpha value is -3.68. The molecule has 0 saturated carbocycles. The van der Waals surface area contributed by atoms with Crippen LogP contribution < -0.4 is 21.2 Å². The summed E-state index contributed by atoms with van der Waals surface area (Å²) in [5, 5.41) is 2.63. The smallest absolute Gasteiger partial charge is 0.320 e. The monoisotopic (exact) mass is 397 g/mol. The van der Waals surface area contributed by atoms with Gasteiger partial charge in [0.2, 0.25) is 5.91 Å². The van der Waals surface area contributed by atoms with E-state index in [2.05, 4.69) is 5.32 Å². The number of carbonyl (C=O) groups is 1. The molecule has 0 atom stereocenters. The molecule has 1 heterocycles. The first-order chi connectivity index (χ1) is 14.0. The Morgan fingerprint density at radius 3 is 2.34 bits per heavy atom. The van der Waals surface area contributed by atoms with E-state index in [1.54, 1.807) is 36.4 Å². The molecule has 1 N–H and O–H groups in total. The maximum absolute atomic E-state index is 12.9. The van der Waals surface area contributed by atoms with E-state index in [4.69, 9.17) is 4.74 Å². The molecule has 2 aromatic carbocycles. The molecule has 0 bridgehead atoms. The van der Waals surface area contributed by atoms with Gasteiger partial charge in [-0.25, -0.2) is 4.39 Å². The van der Waals surface area contributed by atoms with Crippen LogP contribution in [0.1, 0.15) is 12.5 Å². The minimum atomic E-state index is -0.807. The van der Waals surface area contributed by atoms with Gasteiger partial charge < -0.3 is 10.1 Å². The lowest BCUT2D eigenvalue weighted by atomic mass is 10.2. The number of ether oxygens (including phenoxy) is 1. The van der Waals surface area contributed by atoms with E-state index in [1.807, 2.05) is 6.92 Å². The first-order valence-electron chi connectivity index (χ1n) is 9.04. The summed E-state index contributed by atoms with van der Waals surface area (Å²) in [6.07, 6.45) is 2.82. The number of halogens is 1. The fraction of sp³-hybridized carbons (Fsp3) is 0.190. The van der Waals surface area contributed by atoms with Crippen molar-refractivity contribution in [2.24, 2.45) is 0 Å². The summed E-state index contributed by atoms with van der Waals surface area (Å²) in [5.41, 5.74) is -0.331. The minimum absolute atomic E-state index is 0.192. The van der Waals surface area contributed by atoms with Crippen molar-refractivity contribution in [1.29, 1.82) is 0 Å². The van der Waals surface area contributed by atoms with E-state index in [9.17, 15) is 18.8 Å². The predicted molar refractivity (Wildman–Crippen MR) is 106 cm³/mol. The molecular weight excluding hydrogens is 377 g/mol. The quantitative estimate of drug-likeness (QED) is 0.617. The van der Waals surface area contributed by atoms with Gasteiger partial charge in [0.1, 0.15) is 18.1 Å². The molecule has 7 nitrogen and oxygen atoms in total. The molecule has 0 unspecified atom stereocenters. The summed E-state index contributed by atoms with van der Waals surface area (Å²) in [4.78, 5) is 36.9. The summed E-state index contributed by atoms with van der Waals surface area (Å²) < 4.78 is 20.5. The average molecular weight is 397 g/mol. The van der Waals surface area contributed by atoms with Crippen molar-refractivity contribution in [3.63, 3.8) is 0 Å². The number of hydrogen-bond donors (Lipinski definition) is 1. The van der Waals surface area contributed by atoms with Gasteiger partial charge in [-0.3, -0.25) is 23.5 Å². The van der Waals surface area contributed by atoms with Crippen LogP contribution >= 0.6 is 0 Å². The number of nitrogens with zero attached hydrogens (tertiary/aromatic N) is 2. The van der Waals surface area contributed by atoms with Gasteiger partial charge in [0.25, 0.3) is 0 Å². The van der Waals surface area contributed by atoms with Crippen LogP contribution in [0, 0.1) is 5.82 Å². The molecule has 0 saturated heterocycles. The first kappa shape index (κ1) is 20.1. The number of amides is 1. The molecular formula is C21H20FN3O4. The highest BCUT2D eigenvalue weighted by Gasteiger charge is 2.10. The number of benzene rings is 2. The fourth-order valence-corrected chi connectivity index (χ4v) is 2.72. The van der Waals surface area contributed by atoms with Gasteiger partial charge in [-0.05, 0) is 48.9 Å². The normalized spacial score (nSPS) is 10.6. The Balaban J connectivity index is 1.70. The highest BCUT2D eigenvalue weighted by molar-refractivity contribution is 5.75. The molecule has 8 heteroatoms. The lowest BCUT2D eigenvalue weighted by Gasteiger charge is -2.10. The van der Waals surface area contributed by atoms with Crippen LogP contribution in [0.5, 0.6) is 5.75 Å². The van der Waals surface area contributed by atoms with Gasteiger partial charge in [0.05, 0.1) is 6.61 Å². The zero-order chi connectivity index (χ0) is 20.8. The Morgan fingerprint density at radius 1 is 1.00 bits per heavy atom. The number of carbonyl (C=O) groups excluding carboxylic acids is 1. The van der Waals surface area contributed by atoms with Crippen LogP contribution in [0.4, 0.5) is 4.39 Å². The van der Waals surface area contributed by atoms with E-state index < -0.39 is 17.0 Å². The highest BCUT2D eigenvalue weighted by atomic mass is 19.1. The van der Waals surface area contributed by atoms with E-state index in [1.165, 1.54) is 29.1 Å². The molecule has 0 aliphatic heterocycles. The van der Waals surface area contributed by atoms with Crippen molar-refractivity contribution in [3.05, 3.63) is 93.0 Å². The van der Waals surface area contributed by atoms with Crippen LogP contribution in [0.25, 0.3) is 5.69 Å². The van der Waals surface area contributed by atoms with Crippen molar-refractivity contribution in [3.8, 4) is 11.4 Å². The van der Waals surface area contributed by atoms with Crippen LogP contribution in [-0.4, -0.2) is 21.6 Å². The second-order valence-electron chi connectivity index (χ2n) is 6.24. The molecule has 1 amide bonds. The number of rotatable bonds is 7. The maximum Gasteiger partial charge on any atom is 0.320 e. The molecule has 3 aromatic rings. The van der Waals surface area contributed by atoms with Crippen molar-refractivity contribution < 1.29 is 13.9 Å². The fourth-order valence-electron chi connectivity index (χ4n) is 2.72. The average Bonchev–Trinajstić information content (AvgIpc) is 2.72. The second-order valence-corrected chi connectivity index (χ2v) is 6.24. The van der Waals surface area contributed by atoms with E-state index >= 15 is 0 Å². The zero-order valence-corrected chi connectivity index (χ0v) is 15.8. The van der Waals surface area contributed by atoms with Crippen LogP contribution in [0.2, 0.25) is 0 Å². The summed E-state index contributed by atoms with van der Waals surface area (Å²) in [7, 11) is 0. The second kappa shape index (κ2) is 9.01. The van der Waals surface area contributed by atoms with Gasteiger partial charge in [-0.2, -0.15) is 0 Å². The summed E-state index contributed by atoms with van der Waals surface area (Å²) >= 11 is 0. The lowest BCUT2D eigenvalue weighted by Crippen LogP contribution is -2.42. The zero-order valence-electron chi connectivity index (χ0n) is 15.8. The van der Waals surface area contributed by atoms with E-state index in [-0.39, 0.29) is 18.9 Å². The van der Waals surface area contributed by atoms with Gasteiger partial charge in [0.15, 0.2) is 0 Å². The standard InChI is InChI=1S/C21H20FN3O4/c1-2-29-18-9-7-17(8-10-18)25-12-11-24(20(27)21(25)28)14-19(26)23-13-15-3-5-16(22)6-4-15/h3-12H,2,13-14H2,1H3,(H,23,26). The van der Waals surface area contributed by atoms with Crippen molar-refractivity contribution in [1.82, 2.24) is 14.5 Å². The Bertz CT molecular complexity index is 1100. The van der Waals surface area contributed by atoms with E-state index in [0.29, 0.717) is 18.0 Å². The van der Waals surface area contributed by atoms with Gasteiger partial charge in [0, 0.05) is 24.6 Å². The molecule has 3 rings (SSSR count). The molecule has 0 spiro atoms. The first-order valence-corrected chi connectivity index (χ1v) is 9.04. The van der Waals surface area contributed by atoms with E-state index in [0.717, 1.165) is 10.1 Å². The largest absolute Gasteiger partial charge is 0.494 e. The Kier molecular flexibility index (Phi) is 6.23. The maximum atomic E-state index is 12.9.